The van der Waals surface area contributed by atoms with Crippen LogP contribution < -0.4 is 0 Å². The number of ketones is 1. The largest absolute Gasteiger partial charge is 0.300 e. The van der Waals surface area contributed by atoms with Gasteiger partial charge in [-0.15, -0.1) is 0 Å². The van der Waals surface area contributed by atoms with Crippen LogP contribution in [0.3, 0.4) is 0 Å². The maximum Gasteiger partial charge on any atom is 0.135 e. The zero-order valence-corrected chi connectivity index (χ0v) is 8.25. The lowest BCUT2D eigenvalue weighted by atomic mass is 10.1. The molecule has 1 aliphatic rings. The van der Waals surface area contributed by atoms with Crippen molar-refractivity contribution in [2.45, 2.75) is 19.8 Å². The summed E-state index contributed by atoms with van der Waals surface area (Å²) >= 11 is 0. The Hall–Kier alpha value is -0.890. The number of carbonyl (C=O) groups excluding carboxylic acids is 1. The fraction of sp³-hybridized carbons (Fsp3) is 0.545. The Morgan fingerprint density at radius 1 is 1.54 bits per heavy atom. The van der Waals surface area contributed by atoms with E-state index in [-0.39, 0.29) is 0 Å². The molecule has 0 aromatic carbocycles. The van der Waals surface area contributed by atoms with Crippen LogP contribution >= 0.6 is 0 Å². The third-order valence-corrected chi connectivity index (χ3v) is 2.45. The van der Waals surface area contributed by atoms with Gasteiger partial charge in [-0.2, -0.15) is 0 Å². The molecule has 0 aromatic heterocycles. The average molecular weight is 179 g/mol. The summed E-state index contributed by atoms with van der Waals surface area (Å²) in [5.41, 5.74) is 1.24. The van der Waals surface area contributed by atoms with Crippen LogP contribution in [0.1, 0.15) is 19.8 Å². The van der Waals surface area contributed by atoms with Crippen molar-refractivity contribution in [2.24, 2.45) is 0 Å². The molecule has 0 aromatic rings. The van der Waals surface area contributed by atoms with E-state index in [1.807, 2.05) is 13.0 Å². The first kappa shape index (κ1) is 10.2. The Bertz CT molecular complexity index is 220. The molecule has 1 saturated heterocycles. The second kappa shape index (κ2) is 4.97. The molecule has 1 fully saturated rings. The van der Waals surface area contributed by atoms with E-state index in [1.54, 1.807) is 0 Å². The number of likely N-dealkylation sites (tertiary alicyclic amines) is 1. The number of allylic oxidation sites excluding steroid dienone is 1. The van der Waals surface area contributed by atoms with Crippen molar-refractivity contribution in [1.29, 1.82) is 0 Å². The van der Waals surface area contributed by atoms with Gasteiger partial charge in [-0.05, 0) is 12.5 Å². The highest BCUT2D eigenvalue weighted by molar-refractivity contribution is 5.79. The summed E-state index contributed by atoms with van der Waals surface area (Å²) in [5.74, 6) is 0.400. The minimum atomic E-state index is 0.400. The van der Waals surface area contributed by atoms with Gasteiger partial charge in [0.15, 0.2) is 0 Å². The van der Waals surface area contributed by atoms with E-state index in [4.69, 9.17) is 0 Å². The van der Waals surface area contributed by atoms with Gasteiger partial charge in [0.25, 0.3) is 0 Å². The Balaban J connectivity index is 2.37. The first-order valence-electron chi connectivity index (χ1n) is 4.78. The number of nitrogens with zero attached hydrogens (tertiary/aromatic N) is 1. The van der Waals surface area contributed by atoms with Crippen LogP contribution in [-0.2, 0) is 4.79 Å². The smallest absolute Gasteiger partial charge is 0.135 e. The van der Waals surface area contributed by atoms with Crippen LogP contribution in [0.2, 0.25) is 0 Å². The van der Waals surface area contributed by atoms with Gasteiger partial charge < -0.3 is 0 Å². The predicted molar refractivity (Wildman–Crippen MR) is 54.6 cm³/mol. The van der Waals surface area contributed by atoms with E-state index < -0.39 is 0 Å². The zero-order valence-electron chi connectivity index (χ0n) is 8.25. The monoisotopic (exact) mass is 179 g/mol. The molecule has 1 rings (SSSR count). The van der Waals surface area contributed by atoms with Crippen molar-refractivity contribution in [2.75, 3.05) is 19.6 Å². The minimum absolute atomic E-state index is 0.400. The molecule has 0 saturated carbocycles. The van der Waals surface area contributed by atoms with Crippen molar-refractivity contribution in [3.05, 3.63) is 24.3 Å². The van der Waals surface area contributed by atoms with E-state index in [9.17, 15) is 4.79 Å². The standard InChI is InChI=1S/C11H17NO/c1-3-10(4-2)9-12-7-5-11(13)6-8-12/h3-4H,1,5-9H2,2H3/b10-4+. The normalized spacial score (nSPS) is 20.4. The minimum Gasteiger partial charge on any atom is -0.300 e. The first-order valence-corrected chi connectivity index (χ1v) is 4.78. The summed E-state index contributed by atoms with van der Waals surface area (Å²) in [7, 11) is 0. The fourth-order valence-corrected chi connectivity index (χ4v) is 1.49. The van der Waals surface area contributed by atoms with Gasteiger partial charge >= 0.3 is 0 Å². The molecule has 0 radical (unpaired) electrons. The summed E-state index contributed by atoms with van der Waals surface area (Å²) in [6.07, 6.45) is 5.39. The molecule has 0 atom stereocenters. The second-order valence-corrected chi connectivity index (χ2v) is 3.38. The fourth-order valence-electron chi connectivity index (χ4n) is 1.49. The molecule has 72 valence electrons. The molecule has 1 aliphatic heterocycles. The van der Waals surface area contributed by atoms with Crippen LogP contribution in [0.15, 0.2) is 24.3 Å². The molecule has 13 heavy (non-hydrogen) atoms. The lowest BCUT2D eigenvalue weighted by Gasteiger charge is -2.25. The number of Topliss-reactive ketones (excluding diaryl/α,β-unsaturated/α-hetero) is 1. The van der Waals surface area contributed by atoms with Gasteiger partial charge in [0.05, 0.1) is 0 Å². The van der Waals surface area contributed by atoms with E-state index in [2.05, 4.69) is 17.6 Å². The van der Waals surface area contributed by atoms with E-state index >= 15 is 0 Å². The Labute approximate surface area is 79.9 Å². The predicted octanol–water partition coefficient (Wildman–Crippen LogP) is 1.78. The molecule has 2 nitrogen and oxygen atoms in total. The summed E-state index contributed by atoms with van der Waals surface area (Å²) in [4.78, 5) is 13.3. The van der Waals surface area contributed by atoms with Crippen LogP contribution in [0.4, 0.5) is 0 Å². The van der Waals surface area contributed by atoms with Gasteiger partial charge in [-0.3, -0.25) is 9.69 Å². The number of carbonyl (C=O) groups is 1. The summed E-state index contributed by atoms with van der Waals surface area (Å²) in [5, 5.41) is 0. The highest BCUT2D eigenvalue weighted by atomic mass is 16.1. The highest BCUT2D eigenvalue weighted by Crippen LogP contribution is 2.08. The van der Waals surface area contributed by atoms with Gasteiger partial charge in [-0.25, -0.2) is 0 Å². The van der Waals surface area contributed by atoms with E-state index in [0.29, 0.717) is 18.6 Å². The van der Waals surface area contributed by atoms with Crippen LogP contribution in [0.5, 0.6) is 0 Å². The van der Waals surface area contributed by atoms with Gasteiger partial charge in [0.1, 0.15) is 5.78 Å². The molecule has 0 amide bonds. The van der Waals surface area contributed by atoms with Crippen LogP contribution in [-0.4, -0.2) is 30.3 Å². The van der Waals surface area contributed by atoms with Crippen LogP contribution in [0, 0.1) is 0 Å². The third kappa shape index (κ3) is 3.15. The van der Waals surface area contributed by atoms with E-state index in [0.717, 1.165) is 19.6 Å². The number of hydrogen-bond donors (Lipinski definition) is 0. The summed E-state index contributed by atoms with van der Waals surface area (Å²) in [6, 6.07) is 0. The Morgan fingerprint density at radius 3 is 2.62 bits per heavy atom. The van der Waals surface area contributed by atoms with E-state index in [1.165, 1.54) is 5.57 Å². The molecular formula is C11H17NO. The molecule has 0 aliphatic carbocycles. The first-order chi connectivity index (χ1) is 6.26. The maximum atomic E-state index is 11.0. The van der Waals surface area contributed by atoms with Gasteiger partial charge in [-0.1, -0.05) is 18.7 Å². The molecule has 0 unspecified atom stereocenters. The number of rotatable bonds is 3. The SMILES string of the molecule is C=C/C(=C\C)CN1CCC(=O)CC1. The number of piperidine rings is 1. The topological polar surface area (TPSA) is 20.3 Å². The molecule has 1 heterocycles. The van der Waals surface area contributed by atoms with Crippen molar-refractivity contribution in [1.82, 2.24) is 4.90 Å². The lowest BCUT2D eigenvalue weighted by Crippen LogP contribution is -2.34. The van der Waals surface area contributed by atoms with Gasteiger partial charge in [0.2, 0.25) is 0 Å². The van der Waals surface area contributed by atoms with Gasteiger partial charge in [0, 0.05) is 32.5 Å². The molecule has 0 spiro atoms. The molecule has 0 N–H and O–H groups in total. The molecule has 2 heteroatoms. The van der Waals surface area contributed by atoms with Crippen molar-refractivity contribution in [3.8, 4) is 0 Å². The Morgan fingerprint density at radius 2 is 2.15 bits per heavy atom. The average Bonchev–Trinajstić information content (AvgIpc) is 2.17. The molecule has 0 bridgehead atoms. The van der Waals surface area contributed by atoms with Crippen molar-refractivity contribution in [3.63, 3.8) is 0 Å². The lowest BCUT2D eigenvalue weighted by molar-refractivity contribution is -0.121. The van der Waals surface area contributed by atoms with Crippen molar-refractivity contribution >= 4 is 5.78 Å². The maximum absolute atomic E-state index is 11.0. The van der Waals surface area contributed by atoms with Crippen LogP contribution in [0.25, 0.3) is 0 Å². The second-order valence-electron chi connectivity index (χ2n) is 3.38. The summed E-state index contributed by atoms with van der Waals surface area (Å²) in [6.45, 7) is 8.52. The number of hydrogen-bond acceptors (Lipinski definition) is 2. The summed E-state index contributed by atoms with van der Waals surface area (Å²) < 4.78 is 0. The Kier molecular flexibility index (Phi) is 3.90. The third-order valence-electron chi connectivity index (χ3n) is 2.45. The molecular weight excluding hydrogens is 162 g/mol. The van der Waals surface area contributed by atoms with Crippen molar-refractivity contribution < 1.29 is 4.79 Å². The quantitative estimate of drug-likeness (QED) is 0.615. The zero-order chi connectivity index (χ0) is 9.68. The highest BCUT2D eigenvalue weighted by Gasteiger charge is 2.15.